The summed E-state index contributed by atoms with van der Waals surface area (Å²) in [7, 11) is 0. The molecule has 0 fully saturated rings. The Labute approximate surface area is 119 Å². The van der Waals surface area contributed by atoms with E-state index < -0.39 is 0 Å². The van der Waals surface area contributed by atoms with Crippen molar-refractivity contribution >= 4 is 0 Å². The Balaban J connectivity index is 4.12. The average molecular weight is 274 g/mol. The maximum Gasteiger partial charge on any atom is 0.0639 e. The fraction of sp³-hybridized carbons (Fsp3) is 1.00. The van der Waals surface area contributed by atoms with Crippen molar-refractivity contribution in [1.82, 2.24) is 9.80 Å². The van der Waals surface area contributed by atoms with Crippen LogP contribution in [0.2, 0.25) is 0 Å². The molecule has 0 saturated heterocycles. The first-order valence-corrected chi connectivity index (χ1v) is 7.73. The molecule has 0 aromatic carbocycles. The maximum atomic E-state index is 9.54. The molecule has 0 aliphatic heterocycles. The zero-order valence-corrected chi connectivity index (χ0v) is 13.5. The van der Waals surface area contributed by atoms with E-state index in [0.29, 0.717) is 19.1 Å². The molecule has 3 atom stereocenters. The fourth-order valence-corrected chi connectivity index (χ4v) is 2.45. The van der Waals surface area contributed by atoms with E-state index in [0.717, 1.165) is 26.1 Å². The Hall–Kier alpha value is -0.160. The van der Waals surface area contributed by atoms with E-state index in [-0.39, 0.29) is 12.2 Å². The van der Waals surface area contributed by atoms with Crippen molar-refractivity contribution in [1.29, 1.82) is 0 Å². The van der Waals surface area contributed by atoms with Gasteiger partial charge < -0.3 is 15.1 Å². The molecule has 0 spiro atoms. The molecular formula is C15H34N2O2. The summed E-state index contributed by atoms with van der Waals surface area (Å²) in [5.41, 5.74) is 0. The first-order valence-electron chi connectivity index (χ1n) is 7.73. The number of hydrogen-bond donors (Lipinski definition) is 2. The molecule has 4 heteroatoms. The third kappa shape index (κ3) is 9.38. The molecule has 3 unspecified atom stereocenters. The summed E-state index contributed by atoms with van der Waals surface area (Å²) < 4.78 is 0. The summed E-state index contributed by atoms with van der Waals surface area (Å²) in [5, 5.41) is 19.1. The van der Waals surface area contributed by atoms with Gasteiger partial charge in [-0.25, -0.2) is 0 Å². The minimum Gasteiger partial charge on any atom is -0.392 e. The van der Waals surface area contributed by atoms with Gasteiger partial charge in [0, 0.05) is 19.1 Å². The maximum absolute atomic E-state index is 9.54. The lowest BCUT2D eigenvalue weighted by molar-refractivity contribution is 0.0579. The van der Waals surface area contributed by atoms with E-state index in [2.05, 4.69) is 30.6 Å². The minimum absolute atomic E-state index is 0.344. The molecular weight excluding hydrogens is 240 g/mol. The summed E-state index contributed by atoms with van der Waals surface area (Å²) in [6, 6.07) is 0.403. The lowest BCUT2D eigenvalue weighted by atomic mass is 10.1. The monoisotopic (exact) mass is 274 g/mol. The van der Waals surface area contributed by atoms with Crippen molar-refractivity contribution < 1.29 is 10.2 Å². The highest BCUT2D eigenvalue weighted by Gasteiger charge is 2.17. The summed E-state index contributed by atoms with van der Waals surface area (Å²) in [5.74, 6) is 0. The zero-order chi connectivity index (χ0) is 14.8. The quantitative estimate of drug-likeness (QED) is 0.600. The van der Waals surface area contributed by atoms with Gasteiger partial charge in [0.1, 0.15) is 0 Å². The third-order valence-electron chi connectivity index (χ3n) is 3.61. The Morgan fingerprint density at radius 1 is 0.895 bits per heavy atom. The molecule has 4 nitrogen and oxygen atoms in total. The van der Waals surface area contributed by atoms with Crippen molar-refractivity contribution in [3.8, 4) is 0 Å². The number of nitrogens with zero attached hydrogens (tertiary/aromatic N) is 2. The summed E-state index contributed by atoms with van der Waals surface area (Å²) >= 11 is 0. The van der Waals surface area contributed by atoms with Crippen LogP contribution >= 0.6 is 0 Å². The molecule has 0 bridgehead atoms. The predicted molar refractivity (Wildman–Crippen MR) is 81.4 cm³/mol. The van der Waals surface area contributed by atoms with Gasteiger partial charge in [-0.05, 0) is 53.2 Å². The number of hydrogen-bond acceptors (Lipinski definition) is 4. The van der Waals surface area contributed by atoms with Crippen LogP contribution in [0.3, 0.4) is 0 Å². The van der Waals surface area contributed by atoms with Crippen molar-refractivity contribution in [2.45, 2.75) is 65.7 Å². The molecule has 2 N–H and O–H groups in total. The molecule has 0 rings (SSSR count). The third-order valence-corrected chi connectivity index (χ3v) is 3.61. The molecule has 0 radical (unpaired) electrons. The number of aliphatic hydroxyl groups is 2. The molecule has 0 aromatic rings. The lowest BCUT2D eigenvalue weighted by Crippen LogP contribution is -2.42. The van der Waals surface area contributed by atoms with Crippen LogP contribution in [-0.4, -0.2) is 71.0 Å². The molecule has 19 heavy (non-hydrogen) atoms. The Morgan fingerprint density at radius 3 is 1.74 bits per heavy atom. The van der Waals surface area contributed by atoms with Crippen molar-refractivity contribution in [2.24, 2.45) is 0 Å². The van der Waals surface area contributed by atoms with Crippen LogP contribution in [0.4, 0.5) is 0 Å². The summed E-state index contributed by atoms with van der Waals surface area (Å²) in [6.45, 7) is 14.8. The molecule has 116 valence electrons. The fourth-order valence-electron chi connectivity index (χ4n) is 2.45. The SMILES string of the molecule is CCN(CC)CCCC(C)N(CC(C)O)CC(C)O. The molecule has 0 heterocycles. The van der Waals surface area contributed by atoms with E-state index in [4.69, 9.17) is 0 Å². The smallest absolute Gasteiger partial charge is 0.0639 e. The van der Waals surface area contributed by atoms with Gasteiger partial charge in [0.15, 0.2) is 0 Å². The normalized spacial score (nSPS) is 16.9. The van der Waals surface area contributed by atoms with Crippen LogP contribution in [0.1, 0.15) is 47.5 Å². The van der Waals surface area contributed by atoms with Gasteiger partial charge in [0.25, 0.3) is 0 Å². The van der Waals surface area contributed by atoms with Crippen molar-refractivity contribution in [3.63, 3.8) is 0 Å². The zero-order valence-electron chi connectivity index (χ0n) is 13.5. The topological polar surface area (TPSA) is 46.9 Å². The number of rotatable bonds is 11. The highest BCUT2D eigenvalue weighted by molar-refractivity contribution is 4.72. The van der Waals surface area contributed by atoms with Gasteiger partial charge in [-0.3, -0.25) is 4.90 Å². The van der Waals surface area contributed by atoms with Crippen LogP contribution in [0.5, 0.6) is 0 Å². The van der Waals surface area contributed by atoms with Gasteiger partial charge in [-0.1, -0.05) is 13.8 Å². The second-order valence-corrected chi connectivity index (χ2v) is 5.67. The van der Waals surface area contributed by atoms with Gasteiger partial charge >= 0.3 is 0 Å². The molecule has 0 amide bonds. The Morgan fingerprint density at radius 2 is 1.37 bits per heavy atom. The minimum atomic E-state index is -0.344. The van der Waals surface area contributed by atoms with E-state index in [1.807, 2.05) is 0 Å². The highest BCUT2D eigenvalue weighted by Crippen LogP contribution is 2.09. The van der Waals surface area contributed by atoms with E-state index >= 15 is 0 Å². The molecule has 0 saturated carbocycles. The van der Waals surface area contributed by atoms with Crippen molar-refractivity contribution in [3.05, 3.63) is 0 Å². The van der Waals surface area contributed by atoms with Crippen LogP contribution < -0.4 is 0 Å². The van der Waals surface area contributed by atoms with Crippen molar-refractivity contribution in [2.75, 3.05) is 32.7 Å². The van der Waals surface area contributed by atoms with Gasteiger partial charge in [0.05, 0.1) is 12.2 Å². The number of aliphatic hydroxyl groups excluding tert-OH is 2. The van der Waals surface area contributed by atoms with Crippen LogP contribution in [0.15, 0.2) is 0 Å². The average Bonchev–Trinajstić information content (AvgIpc) is 2.32. The van der Waals surface area contributed by atoms with Crippen LogP contribution in [0.25, 0.3) is 0 Å². The first kappa shape index (κ1) is 18.8. The van der Waals surface area contributed by atoms with Gasteiger partial charge in [-0.2, -0.15) is 0 Å². The highest BCUT2D eigenvalue weighted by atomic mass is 16.3. The second-order valence-electron chi connectivity index (χ2n) is 5.67. The largest absolute Gasteiger partial charge is 0.392 e. The summed E-state index contributed by atoms with van der Waals surface area (Å²) in [6.07, 6.45) is 1.59. The predicted octanol–water partition coefficient (Wildman–Crippen LogP) is 1.56. The second kappa shape index (κ2) is 10.6. The molecule has 0 aliphatic carbocycles. The van der Waals surface area contributed by atoms with Gasteiger partial charge in [0.2, 0.25) is 0 Å². The Bertz CT molecular complexity index is 196. The lowest BCUT2D eigenvalue weighted by Gasteiger charge is -2.31. The van der Waals surface area contributed by atoms with Gasteiger partial charge in [-0.15, -0.1) is 0 Å². The van der Waals surface area contributed by atoms with E-state index in [1.165, 1.54) is 6.42 Å². The van der Waals surface area contributed by atoms with E-state index in [9.17, 15) is 10.2 Å². The summed E-state index contributed by atoms with van der Waals surface area (Å²) in [4.78, 5) is 4.62. The molecule has 0 aliphatic rings. The van der Waals surface area contributed by atoms with Crippen LogP contribution in [0, 0.1) is 0 Å². The molecule has 0 aromatic heterocycles. The Kier molecular flexibility index (Phi) is 10.5. The van der Waals surface area contributed by atoms with Crippen LogP contribution in [-0.2, 0) is 0 Å². The van der Waals surface area contributed by atoms with E-state index in [1.54, 1.807) is 13.8 Å². The first-order chi connectivity index (χ1) is 8.90. The standard InChI is InChI=1S/C15H34N2O2/c1-6-16(7-2)10-8-9-13(3)17(11-14(4)18)12-15(5)19/h13-15,18-19H,6-12H2,1-5H3.